The molecule has 1 aromatic heterocycles. The van der Waals surface area contributed by atoms with Crippen LogP contribution in [0.5, 0.6) is 0 Å². The molecular weight excluding hydrogens is 388 g/mol. The Morgan fingerprint density at radius 1 is 1.37 bits per heavy atom. The Bertz CT molecular complexity index is 684. The zero-order valence-corrected chi connectivity index (χ0v) is 17.0. The van der Waals surface area contributed by atoms with Gasteiger partial charge in [-0.15, -0.1) is 12.4 Å². The number of nitro groups is 1. The predicted octanol–water partition coefficient (Wildman–Crippen LogP) is 2.56. The van der Waals surface area contributed by atoms with Crippen LogP contribution in [-0.2, 0) is 12.3 Å². The number of rotatable bonds is 11. The average Bonchev–Trinajstić information content (AvgIpc) is 3.13. The van der Waals surface area contributed by atoms with Crippen LogP contribution in [0.2, 0.25) is 0 Å². The minimum absolute atomic E-state index is 0. The number of furan rings is 1. The number of hydrogen-bond acceptors (Lipinski definition) is 7. The number of nitrogens with zero attached hydrogens (tertiary/aromatic N) is 1. The highest BCUT2D eigenvalue weighted by molar-refractivity contribution is 7.98. The summed E-state index contributed by atoms with van der Waals surface area (Å²) in [6, 6.07) is 4.86. The standard InChI is InChI=1S/C18H26N4O3S.ClH/c1-19-16(9-22(23)24)20-4-5-26-10-13-3-2-12(25-13)8-21-18-11-6-14-15(7-11)17(14)18;/h2-3,9,11,14-15,17-21H,4-8,10H2,1H3;1H/b16-9-;/t11?,14-,15?,17?,18-;/m1./s1. The highest BCUT2D eigenvalue weighted by Gasteiger charge is 2.68. The summed E-state index contributed by atoms with van der Waals surface area (Å²) in [6.45, 7) is 1.49. The van der Waals surface area contributed by atoms with E-state index < -0.39 is 4.92 Å². The highest BCUT2D eigenvalue weighted by atomic mass is 35.5. The molecule has 4 aliphatic carbocycles. The molecule has 1 aromatic rings. The van der Waals surface area contributed by atoms with Crippen molar-refractivity contribution in [3.8, 4) is 0 Å². The molecule has 3 N–H and O–H groups in total. The van der Waals surface area contributed by atoms with Crippen LogP contribution >= 0.6 is 24.2 Å². The van der Waals surface area contributed by atoms with Gasteiger partial charge in [0, 0.05) is 25.4 Å². The van der Waals surface area contributed by atoms with Crippen LogP contribution < -0.4 is 16.0 Å². The third kappa shape index (κ3) is 4.55. The summed E-state index contributed by atoms with van der Waals surface area (Å²) in [6.07, 6.45) is 3.84. The van der Waals surface area contributed by atoms with Gasteiger partial charge in [-0.25, -0.2) is 0 Å². The number of hydrogen-bond donors (Lipinski definition) is 3. The fourth-order valence-electron chi connectivity index (χ4n) is 4.92. The molecule has 5 rings (SSSR count). The van der Waals surface area contributed by atoms with E-state index in [2.05, 4.69) is 28.1 Å². The summed E-state index contributed by atoms with van der Waals surface area (Å²) in [7, 11) is 1.66. The van der Waals surface area contributed by atoms with Crippen LogP contribution in [0.4, 0.5) is 0 Å². The van der Waals surface area contributed by atoms with Crippen molar-refractivity contribution in [2.24, 2.45) is 23.7 Å². The Morgan fingerprint density at radius 3 is 2.74 bits per heavy atom. The van der Waals surface area contributed by atoms with E-state index >= 15 is 0 Å². The van der Waals surface area contributed by atoms with Gasteiger partial charge in [0.15, 0.2) is 5.82 Å². The first-order valence-electron chi connectivity index (χ1n) is 9.31. The molecule has 0 spiro atoms. The molecule has 7 nitrogen and oxygen atoms in total. The van der Waals surface area contributed by atoms with Crippen molar-refractivity contribution >= 4 is 24.2 Å². The van der Waals surface area contributed by atoms with E-state index in [0.717, 1.165) is 65.5 Å². The van der Waals surface area contributed by atoms with Gasteiger partial charge in [-0.2, -0.15) is 11.8 Å². The van der Waals surface area contributed by atoms with Crippen LogP contribution in [0.25, 0.3) is 0 Å². The van der Waals surface area contributed by atoms with Crippen LogP contribution in [0.3, 0.4) is 0 Å². The molecule has 5 atom stereocenters. The van der Waals surface area contributed by atoms with Crippen molar-refractivity contribution < 1.29 is 9.34 Å². The van der Waals surface area contributed by atoms with Gasteiger partial charge in [0.2, 0.25) is 0 Å². The molecule has 27 heavy (non-hydrogen) atoms. The van der Waals surface area contributed by atoms with Gasteiger partial charge in [-0.3, -0.25) is 10.1 Å². The molecule has 150 valence electrons. The Labute approximate surface area is 169 Å². The normalized spacial score (nSPS) is 30.1. The van der Waals surface area contributed by atoms with Crippen molar-refractivity contribution in [2.75, 3.05) is 19.3 Å². The minimum atomic E-state index is -0.470. The lowest BCUT2D eigenvalue weighted by atomic mass is 10.1. The van der Waals surface area contributed by atoms with Crippen LogP contribution in [0.15, 0.2) is 28.6 Å². The smallest absolute Gasteiger partial charge is 0.274 e. The summed E-state index contributed by atoms with van der Waals surface area (Å²) in [5.41, 5.74) is 0. The Balaban J connectivity index is 0.00000210. The van der Waals surface area contributed by atoms with Gasteiger partial charge in [-0.05, 0) is 48.6 Å². The minimum Gasteiger partial charge on any atom is -0.464 e. The molecule has 0 aliphatic heterocycles. The van der Waals surface area contributed by atoms with Crippen molar-refractivity contribution in [2.45, 2.75) is 31.2 Å². The topological polar surface area (TPSA) is 92.4 Å². The maximum Gasteiger partial charge on any atom is 0.274 e. The fraction of sp³-hybridized carbons (Fsp3) is 0.667. The summed E-state index contributed by atoms with van der Waals surface area (Å²) in [4.78, 5) is 9.98. The van der Waals surface area contributed by atoms with Gasteiger partial charge in [0.25, 0.3) is 6.20 Å². The lowest BCUT2D eigenvalue weighted by Gasteiger charge is -2.15. The van der Waals surface area contributed by atoms with Gasteiger partial charge >= 0.3 is 0 Å². The van der Waals surface area contributed by atoms with Gasteiger partial charge in [-0.1, -0.05) is 0 Å². The van der Waals surface area contributed by atoms with E-state index in [9.17, 15) is 10.1 Å². The van der Waals surface area contributed by atoms with E-state index in [4.69, 9.17) is 4.42 Å². The zero-order chi connectivity index (χ0) is 18.1. The third-order valence-electron chi connectivity index (χ3n) is 6.01. The largest absolute Gasteiger partial charge is 0.464 e. The fourth-order valence-corrected chi connectivity index (χ4v) is 5.67. The van der Waals surface area contributed by atoms with Crippen LogP contribution in [-0.4, -0.2) is 30.3 Å². The molecule has 0 aromatic carbocycles. The van der Waals surface area contributed by atoms with Crippen molar-refractivity contribution in [3.63, 3.8) is 0 Å². The Morgan fingerprint density at radius 2 is 2.11 bits per heavy atom. The van der Waals surface area contributed by atoms with Crippen LogP contribution in [0, 0.1) is 33.8 Å². The average molecular weight is 415 g/mol. The van der Waals surface area contributed by atoms with E-state index in [1.165, 1.54) is 12.8 Å². The molecular formula is C18H27ClN4O3S. The first-order chi connectivity index (χ1) is 12.7. The lowest BCUT2D eigenvalue weighted by Crippen LogP contribution is -2.31. The highest BCUT2D eigenvalue weighted by Crippen LogP contribution is 2.70. The van der Waals surface area contributed by atoms with Crippen molar-refractivity contribution in [3.05, 3.63) is 45.8 Å². The molecule has 9 heteroatoms. The maximum atomic E-state index is 10.4. The Kier molecular flexibility index (Phi) is 6.60. The summed E-state index contributed by atoms with van der Waals surface area (Å²) >= 11 is 1.75. The molecule has 3 unspecified atom stereocenters. The second-order valence-corrected chi connectivity index (χ2v) is 8.57. The monoisotopic (exact) mass is 414 g/mol. The molecule has 4 aliphatic rings. The number of nitrogens with one attached hydrogen (secondary N) is 3. The lowest BCUT2D eigenvalue weighted by molar-refractivity contribution is -0.404. The number of halogens is 1. The molecule has 4 saturated carbocycles. The summed E-state index contributed by atoms with van der Waals surface area (Å²) in [5.74, 6) is 8.05. The van der Waals surface area contributed by atoms with Gasteiger partial charge in [0.1, 0.15) is 11.5 Å². The predicted molar refractivity (Wildman–Crippen MR) is 108 cm³/mol. The zero-order valence-electron chi connectivity index (χ0n) is 15.3. The van der Waals surface area contributed by atoms with E-state index in [1.807, 2.05) is 0 Å². The van der Waals surface area contributed by atoms with Gasteiger partial charge in [0.05, 0.1) is 17.2 Å². The third-order valence-corrected chi connectivity index (χ3v) is 6.99. The second-order valence-electron chi connectivity index (χ2n) is 7.47. The second kappa shape index (κ2) is 8.75. The SMILES string of the molecule is CN/C(=C/[N+](=O)[O-])NCCSCc1ccc(CN[C@@H]2C3CC4C2[C@@H]4C3)o1.Cl. The Hall–Kier alpha value is -1.38. The van der Waals surface area contributed by atoms with Gasteiger partial charge < -0.3 is 20.4 Å². The first kappa shape index (κ1) is 20.4. The molecule has 0 radical (unpaired) electrons. The van der Waals surface area contributed by atoms with Crippen molar-refractivity contribution in [1.82, 2.24) is 16.0 Å². The molecule has 0 saturated heterocycles. The van der Waals surface area contributed by atoms with E-state index in [-0.39, 0.29) is 12.4 Å². The summed E-state index contributed by atoms with van der Waals surface area (Å²) < 4.78 is 5.93. The quantitative estimate of drug-likeness (QED) is 0.291. The van der Waals surface area contributed by atoms with Crippen molar-refractivity contribution in [1.29, 1.82) is 0 Å². The molecule has 4 bridgehead atoms. The number of thioether (sulfide) groups is 1. The maximum absolute atomic E-state index is 10.4. The molecule has 4 fully saturated rings. The first-order valence-corrected chi connectivity index (χ1v) is 10.5. The summed E-state index contributed by atoms with van der Waals surface area (Å²) in [5, 5.41) is 20.0. The molecule has 0 amide bonds. The van der Waals surface area contributed by atoms with E-state index in [0.29, 0.717) is 12.4 Å². The van der Waals surface area contributed by atoms with Crippen LogP contribution in [0.1, 0.15) is 24.4 Å². The van der Waals surface area contributed by atoms with E-state index in [1.54, 1.807) is 18.8 Å². The molecule has 1 heterocycles.